The van der Waals surface area contributed by atoms with E-state index < -0.39 is 5.79 Å². The second kappa shape index (κ2) is 4.15. The molecule has 3 heterocycles. The Morgan fingerprint density at radius 1 is 1.18 bits per heavy atom. The number of nitrogens with zero attached hydrogens (tertiary/aromatic N) is 2. The van der Waals surface area contributed by atoms with Crippen molar-refractivity contribution in [3.8, 4) is 0 Å². The van der Waals surface area contributed by atoms with Crippen molar-refractivity contribution < 1.29 is 13.9 Å². The number of hydrogen-bond acceptors (Lipinski definition) is 3. The quantitative estimate of drug-likeness (QED) is 0.693. The van der Waals surface area contributed by atoms with Gasteiger partial charge in [-0.3, -0.25) is 0 Å². The van der Waals surface area contributed by atoms with Crippen LogP contribution in [0.3, 0.4) is 0 Å². The van der Waals surface area contributed by atoms with Crippen molar-refractivity contribution in [3.63, 3.8) is 0 Å². The lowest BCUT2D eigenvalue weighted by Gasteiger charge is -2.32. The van der Waals surface area contributed by atoms with Gasteiger partial charge in [0.15, 0.2) is 5.82 Å². The minimum Gasteiger partial charge on any atom is -0.337 e. The summed E-state index contributed by atoms with van der Waals surface area (Å²) in [6.07, 6.45) is -0.0478. The van der Waals surface area contributed by atoms with E-state index in [-0.39, 0.29) is 11.9 Å². The van der Waals surface area contributed by atoms with Gasteiger partial charge < -0.3 is 14.0 Å². The molecule has 5 rings (SSSR count). The first-order valence-corrected chi connectivity index (χ1v) is 7.30. The van der Waals surface area contributed by atoms with Crippen LogP contribution >= 0.6 is 0 Å². The number of benzene rings is 2. The zero-order chi connectivity index (χ0) is 14.7. The van der Waals surface area contributed by atoms with E-state index in [2.05, 4.69) is 4.98 Å². The molecule has 4 nitrogen and oxygen atoms in total. The van der Waals surface area contributed by atoms with Crippen LogP contribution in [-0.4, -0.2) is 22.3 Å². The molecule has 0 N–H and O–H groups in total. The van der Waals surface area contributed by atoms with Crippen LogP contribution in [0, 0.1) is 5.82 Å². The normalized spacial score (nSPS) is 26.3. The van der Waals surface area contributed by atoms with Gasteiger partial charge in [0.05, 0.1) is 24.2 Å². The van der Waals surface area contributed by atoms with Gasteiger partial charge in [-0.25, -0.2) is 9.37 Å². The molecule has 2 unspecified atom stereocenters. The molecule has 1 aromatic heterocycles. The summed E-state index contributed by atoms with van der Waals surface area (Å²) in [5.74, 6) is -0.559. The Morgan fingerprint density at radius 3 is 2.91 bits per heavy atom. The van der Waals surface area contributed by atoms with Gasteiger partial charge in [-0.2, -0.15) is 0 Å². The zero-order valence-electron chi connectivity index (χ0n) is 11.7. The SMILES string of the molecule is Fc1ccc2nc3n(c2c1)CC1COC3(c2ccccc2)O1. The predicted molar refractivity (Wildman–Crippen MR) is 77.7 cm³/mol. The summed E-state index contributed by atoms with van der Waals surface area (Å²) >= 11 is 0. The van der Waals surface area contributed by atoms with E-state index in [1.165, 1.54) is 12.1 Å². The summed E-state index contributed by atoms with van der Waals surface area (Å²) in [6, 6.07) is 14.4. The molecule has 0 saturated carbocycles. The maximum atomic E-state index is 13.6. The van der Waals surface area contributed by atoms with E-state index in [1.807, 2.05) is 34.9 Å². The van der Waals surface area contributed by atoms with E-state index >= 15 is 0 Å². The van der Waals surface area contributed by atoms with Crippen LogP contribution in [0.25, 0.3) is 11.0 Å². The zero-order valence-corrected chi connectivity index (χ0v) is 11.7. The van der Waals surface area contributed by atoms with Crippen molar-refractivity contribution in [2.45, 2.75) is 18.4 Å². The maximum Gasteiger partial charge on any atom is 0.256 e. The van der Waals surface area contributed by atoms with Crippen LogP contribution in [0.2, 0.25) is 0 Å². The molecule has 22 heavy (non-hydrogen) atoms. The van der Waals surface area contributed by atoms with Gasteiger partial charge >= 0.3 is 0 Å². The average molecular weight is 296 g/mol. The number of fused-ring (bicyclic) bond motifs is 6. The Labute approximate surface area is 126 Å². The number of ether oxygens (including phenoxy) is 2. The average Bonchev–Trinajstić information content (AvgIpc) is 3.10. The highest BCUT2D eigenvalue weighted by molar-refractivity contribution is 5.76. The highest BCUT2D eigenvalue weighted by Gasteiger charge is 2.52. The van der Waals surface area contributed by atoms with Crippen LogP contribution in [0.5, 0.6) is 0 Å². The second-order valence-electron chi connectivity index (χ2n) is 5.71. The standard InChI is InChI=1S/C17H13FN2O2/c18-12-6-7-14-15(8-12)20-9-13-10-21-17(22-13,16(20)19-14)11-4-2-1-3-5-11/h1-8,13H,9-10H2. The molecule has 2 bridgehead atoms. The molecule has 2 atom stereocenters. The van der Waals surface area contributed by atoms with Crippen LogP contribution in [0.4, 0.5) is 4.39 Å². The van der Waals surface area contributed by atoms with Gasteiger partial charge in [0, 0.05) is 5.56 Å². The summed E-state index contributed by atoms with van der Waals surface area (Å²) < 4.78 is 27.8. The Hall–Kier alpha value is -2.24. The molecule has 2 aliphatic heterocycles. The van der Waals surface area contributed by atoms with Crippen molar-refractivity contribution >= 4 is 11.0 Å². The van der Waals surface area contributed by atoms with E-state index in [1.54, 1.807) is 6.07 Å². The van der Waals surface area contributed by atoms with Gasteiger partial charge in [-0.15, -0.1) is 0 Å². The van der Waals surface area contributed by atoms with Crippen LogP contribution in [-0.2, 0) is 21.8 Å². The van der Waals surface area contributed by atoms with Crippen LogP contribution in [0.1, 0.15) is 11.4 Å². The third kappa shape index (κ3) is 1.50. The Kier molecular flexibility index (Phi) is 2.32. The van der Waals surface area contributed by atoms with E-state index in [0.717, 1.165) is 16.6 Å². The molecule has 0 amide bonds. The largest absolute Gasteiger partial charge is 0.337 e. The highest BCUT2D eigenvalue weighted by Crippen LogP contribution is 2.44. The number of halogens is 1. The van der Waals surface area contributed by atoms with Gasteiger partial charge in [-0.1, -0.05) is 30.3 Å². The molecule has 110 valence electrons. The summed E-state index contributed by atoms with van der Waals surface area (Å²) in [7, 11) is 0. The molecule has 2 aromatic carbocycles. The Bertz CT molecular complexity index is 877. The fourth-order valence-electron chi connectivity index (χ4n) is 3.39. The fourth-order valence-corrected chi connectivity index (χ4v) is 3.39. The Morgan fingerprint density at radius 2 is 2.05 bits per heavy atom. The van der Waals surface area contributed by atoms with Crippen molar-refractivity contribution in [1.29, 1.82) is 0 Å². The molecule has 0 aliphatic carbocycles. The third-order valence-electron chi connectivity index (χ3n) is 4.35. The smallest absolute Gasteiger partial charge is 0.256 e. The summed E-state index contributed by atoms with van der Waals surface area (Å²) in [6.45, 7) is 1.14. The van der Waals surface area contributed by atoms with E-state index in [4.69, 9.17) is 9.47 Å². The lowest BCUT2D eigenvalue weighted by atomic mass is 10.0. The molecule has 1 fully saturated rings. The highest BCUT2D eigenvalue weighted by atomic mass is 19.1. The fraction of sp³-hybridized carbons (Fsp3) is 0.235. The summed E-state index contributed by atoms with van der Waals surface area (Å²) in [5, 5.41) is 0. The first-order chi connectivity index (χ1) is 10.8. The van der Waals surface area contributed by atoms with Crippen LogP contribution in [0.15, 0.2) is 48.5 Å². The van der Waals surface area contributed by atoms with Crippen molar-refractivity contribution in [2.24, 2.45) is 0 Å². The second-order valence-corrected chi connectivity index (χ2v) is 5.71. The van der Waals surface area contributed by atoms with Crippen molar-refractivity contribution in [1.82, 2.24) is 9.55 Å². The minimum atomic E-state index is -0.986. The van der Waals surface area contributed by atoms with Gasteiger partial charge in [-0.05, 0) is 18.2 Å². The summed E-state index contributed by atoms with van der Waals surface area (Å²) in [4.78, 5) is 4.67. The van der Waals surface area contributed by atoms with Crippen molar-refractivity contribution in [2.75, 3.05) is 6.61 Å². The predicted octanol–water partition coefficient (Wildman–Crippen LogP) is 2.81. The van der Waals surface area contributed by atoms with Gasteiger partial charge in [0.25, 0.3) is 5.79 Å². The lowest BCUT2D eigenvalue weighted by molar-refractivity contribution is -0.162. The molecule has 5 heteroatoms. The number of aromatic nitrogens is 2. The minimum absolute atomic E-state index is 0.0478. The van der Waals surface area contributed by atoms with E-state index in [0.29, 0.717) is 19.0 Å². The number of imidazole rings is 1. The van der Waals surface area contributed by atoms with E-state index in [9.17, 15) is 4.39 Å². The molecule has 0 radical (unpaired) electrons. The van der Waals surface area contributed by atoms with Crippen molar-refractivity contribution in [3.05, 3.63) is 65.7 Å². The maximum absolute atomic E-state index is 13.6. The Balaban J connectivity index is 1.82. The molecule has 3 aromatic rings. The van der Waals surface area contributed by atoms with Gasteiger partial charge in [0.2, 0.25) is 0 Å². The first kappa shape index (κ1) is 12.3. The third-order valence-corrected chi connectivity index (χ3v) is 4.35. The van der Waals surface area contributed by atoms with Crippen LogP contribution < -0.4 is 0 Å². The summed E-state index contributed by atoms with van der Waals surface area (Å²) in [5.41, 5.74) is 2.45. The van der Waals surface area contributed by atoms with Gasteiger partial charge in [0.1, 0.15) is 11.9 Å². The monoisotopic (exact) mass is 296 g/mol. The molecular formula is C17H13FN2O2. The molecular weight excluding hydrogens is 283 g/mol. The first-order valence-electron chi connectivity index (χ1n) is 7.30. The molecule has 2 aliphatic rings. The number of rotatable bonds is 1. The number of hydrogen-bond donors (Lipinski definition) is 0. The molecule has 1 saturated heterocycles. The lowest BCUT2D eigenvalue weighted by Crippen LogP contribution is -2.38. The molecule has 0 spiro atoms. The topological polar surface area (TPSA) is 36.3 Å².